The standard InChI is InChI=1S/C9H10N2O2.C9H9NO3/c10-9(12)6-2-1-3-7-8(6)11-4-5-13-7;11-9(12)6-2-1-3-7-8(6)10-4-5-13-7/h1-3,11H,4-5H2,(H2,10,12);1-3,10H,4-5H2,(H,11,12). The minimum atomic E-state index is -0.935. The van der Waals surface area contributed by atoms with Gasteiger partial charge in [0.05, 0.1) is 22.5 Å². The number of rotatable bonds is 2. The van der Waals surface area contributed by atoms with Crippen molar-refractivity contribution in [1.82, 2.24) is 0 Å². The van der Waals surface area contributed by atoms with E-state index in [1.807, 2.05) is 6.07 Å². The number of carbonyl (C=O) groups is 2. The number of aromatic carboxylic acids is 1. The maximum atomic E-state index is 11.0. The summed E-state index contributed by atoms with van der Waals surface area (Å²) in [7, 11) is 0. The van der Waals surface area contributed by atoms with Crippen LogP contribution < -0.4 is 25.8 Å². The average Bonchev–Trinajstić information content (AvgIpc) is 2.67. The number of nitrogens with one attached hydrogen (secondary N) is 2. The van der Waals surface area contributed by atoms with Crippen molar-refractivity contribution >= 4 is 23.3 Å². The van der Waals surface area contributed by atoms with Crippen LogP contribution in [-0.4, -0.2) is 43.3 Å². The lowest BCUT2D eigenvalue weighted by molar-refractivity contribution is 0.0697. The number of carbonyl (C=O) groups excluding carboxylic acids is 1. The lowest BCUT2D eigenvalue weighted by atomic mass is 10.1. The van der Waals surface area contributed by atoms with E-state index in [-0.39, 0.29) is 5.56 Å². The molecule has 0 spiro atoms. The number of primary amides is 1. The van der Waals surface area contributed by atoms with Crippen LogP contribution in [0, 0.1) is 0 Å². The maximum absolute atomic E-state index is 11.0. The topological polar surface area (TPSA) is 123 Å². The van der Waals surface area contributed by atoms with Gasteiger partial charge in [-0.1, -0.05) is 12.1 Å². The van der Waals surface area contributed by atoms with Gasteiger partial charge in [0.2, 0.25) is 0 Å². The number of nitrogens with two attached hydrogens (primary N) is 1. The first-order valence-corrected chi connectivity index (χ1v) is 8.10. The molecule has 2 heterocycles. The van der Waals surface area contributed by atoms with Crippen LogP contribution >= 0.6 is 0 Å². The zero-order valence-electron chi connectivity index (χ0n) is 14.0. The molecule has 0 atom stereocenters. The Labute approximate surface area is 149 Å². The van der Waals surface area contributed by atoms with Crippen LogP contribution in [-0.2, 0) is 0 Å². The fourth-order valence-electron chi connectivity index (χ4n) is 2.73. The highest BCUT2D eigenvalue weighted by molar-refractivity contribution is 6.00. The van der Waals surface area contributed by atoms with Gasteiger partial charge in [-0.15, -0.1) is 0 Å². The minimum Gasteiger partial charge on any atom is -0.490 e. The summed E-state index contributed by atoms with van der Waals surface area (Å²) >= 11 is 0. The third kappa shape index (κ3) is 3.64. The summed E-state index contributed by atoms with van der Waals surface area (Å²) in [5.41, 5.74) is 7.24. The van der Waals surface area contributed by atoms with E-state index < -0.39 is 11.9 Å². The SMILES string of the molecule is NC(=O)c1cccc2c1NCCO2.O=C(O)c1cccc2c1NCCO2. The fraction of sp³-hybridized carbons (Fsp3) is 0.222. The summed E-state index contributed by atoms with van der Waals surface area (Å²) in [6, 6.07) is 10.2. The molecule has 0 bridgehead atoms. The van der Waals surface area contributed by atoms with Crippen LogP contribution in [0.3, 0.4) is 0 Å². The largest absolute Gasteiger partial charge is 0.490 e. The van der Waals surface area contributed by atoms with Crippen LogP contribution in [0.1, 0.15) is 20.7 Å². The zero-order chi connectivity index (χ0) is 18.5. The second kappa shape index (κ2) is 7.64. The highest BCUT2D eigenvalue weighted by Gasteiger charge is 2.17. The predicted octanol–water partition coefficient (Wildman–Crippen LogP) is 1.78. The van der Waals surface area contributed by atoms with Crippen molar-refractivity contribution in [3.05, 3.63) is 47.5 Å². The Kier molecular flexibility index (Phi) is 5.12. The maximum Gasteiger partial charge on any atom is 0.337 e. The Balaban J connectivity index is 0.000000151. The van der Waals surface area contributed by atoms with Gasteiger partial charge < -0.3 is 30.9 Å². The summed E-state index contributed by atoms with van der Waals surface area (Å²) in [5, 5.41) is 14.9. The predicted molar refractivity (Wildman–Crippen MR) is 96.3 cm³/mol. The molecule has 0 aliphatic carbocycles. The third-order valence-electron chi connectivity index (χ3n) is 3.87. The number of carboxylic acids is 1. The minimum absolute atomic E-state index is 0.261. The van der Waals surface area contributed by atoms with Gasteiger partial charge in [-0.25, -0.2) is 4.79 Å². The number of hydrogen-bond donors (Lipinski definition) is 4. The molecular formula is C18H19N3O5. The van der Waals surface area contributed by atoms with Gasteiger partial charge in [0.1, 0.15) is 24.7 Å². The van der Waals surface area contributed by atoms with E-state index in [2.05, 4.69) is 10.6 Å². The van der Waals surface area contributed by atoms with Gasteiger partial charge >= 0.3 is 5.97 Å². The van der Waals surface area contributed by atoms with E-state index in [0.29, 0.717) is 54.7 Å². The number of fused-ring (bicyclic) bond motifs is 2. The number of benzene rings is 2. The van der Waals surface area contributed by atoms with Gasteiger partial charge in [0.15, 0.2) is 0 Å². The van der Waals surface area contributed by atoms with E-state index in [1.165, 1.54) is 0 Å². The van der Waals surface area contributed by atoms with Gasteiger partial charge in [0.25, 0.3) is 5.91 Å². The van der Waals surface area contributed by atoms with E-state index in [0.717, 1.165) is 0 Å². The van der Waals surface area contributed by atoms with Gasteiger partial charge in [-0.3, -0.25) is 4.79 Å². The van der Waals surface area contributed by atoms with Crippen molar-refractivity contribution in [2.75, 3.05) is 36.9 Å². The number of ether oxygens (including phenoxy) is 2. The summed E-state index contributed by atoms with van der Waals surface area (Å²) in [6.45, 7) is 2.56. The number of para-hydroxylation sites is 2. The Morgan fingerprint density at radius 2 is 1.38 bits per heavy atom. The average molecular weight is 357 g/mol. The molecule has 0 fully saturated rings. The quantitative estimate of drug-likeness (QED) is 0.646. The molecule has 0 radical (unpaired) electrons. The molecule has 2 aliphatic rings. The molecular weight excluding hydrogens is 338 g/mol. The molecule has 0 saturated carbocycles. The van der Waals surface area contributed by atoms with Gasteiger partial charge in [-0.05, 0) is 24.3 Å². The smallest absolute Gasteiger partial charge is 0.337 e. The number of anilines is 2. The summed E-state index contributed by atoms with van der Waals surface area (Å²) < 4.78 is 10.6. The molecule has 5 N–H and O–H groups in total. The summed E-state index contributed by atoms with van der Waals surface area (Å²) in [5.74, 6) is -0.0570. The molecule has 2 aromatic carbocycles. The second-order valence-corrected chi connectivity index (χ2v) is 5.58. The van der Waals surface area contributed by atoms with Crippen LogP contribution in [0.2, 0.25) is 0 Å². The number of amides is 1. The molecule has 26 heavy (non-hydrogen) atoms. The summed E-state index contributed by atoms with van der Waals surface area (Å²) in [6.07, 6.45) is 0. The van der Waals surface area contributed by atoms with Gasteiger partial charge in [0, 0.05) is 13.1 Å². The monoisotopic (exact) mass is 357 g/mol. The normalized spacial score (nSPS) is 13.8. The first kappa shape index (κ1) is 17.4. The highest BCUT2D eigenvalue weighted by Crippen LogP contribution is 2.31. The van der Waals surface area contributed by atoms with Crippen molar-refractivity contribution < 1.29 is 24.2 Å². The Morgan fingerprint density at radius 1 is 0.885 bits per heavy atom. The first-order chi connectivity index (χ1) is 12.6. The van der Waals surface area contributed by atoms with E-state index >= 15 is 0 Å². The molecule has 136 valence electrons. The van der Waals surface area contributed by atoms with Crippen molar-refractivity contribution in [1.29, 1.82) is 0 Å². The van der Waals surface area contributed by atoms with Crippen molar-refractivity contribution in [2.45, 2.75) is 0 Å². The molecule has 4 rings (SSSR count). The molecule has 8 nitrogen and oxygen atoms in total. The summed E-state index contributed by atoms with van der Waals surface area (Å²) in [4.78, 5) is 21.8. The lowest BCUT2D eigenvalue weighted by Crippen LogP contribution is -2.22. The van der Waals surface area contributed by atoms with E-state index in [4.69, 9.17) is 20.3 Å². The fourth-order valence-corrected chi connectivity index (χ4v) is 2.73. The first-order valence-electron chi connectivity index (χ1n) is 8.10. The molecule has 1 amide bonds. The highest BCUT2D eigenvalue weighted by atomic mass is 16.5. The Morgan fingerprint density at radius 3 is 1.88 bits per heavy atom. The molecule has 2 aromatic rings. The molecule has 2 aliphatic heterocycles. The van der Waals surface area contributed by atoms with Gasteiger partial charge in [-0.2, -0.15) is 0 Å². The van der Waals surface area contributed by atoms with E-state index in [1.54, 1.807) is 30.3 Å². The van der Waals surface area contributed by atoms with Crippen LogP contribution in [0.25, 0.3) is 0 Å². The van der Waals surface area contributed by atoms with Crippen molar-refractivity contribution in [3.63, 3.8) is 0 Å². The van der Waals surface area contributed by atoms with Crippen LogP contribution in [0.5, 0.6) is 11.5 Å². The lowest BCUT2D eigenvalue weighted by Gasteiger charge is -2.20. The van der Waals surface area contributed by atoms with E-state index in [9.17, 15) is 9.59 Å². The van der Waals surface area contributed by atoms with Crippen LogP contribution in [0.4, 0.5) is 11.4 Å². The molecule has 0 aromatic heterocycles. The molecule has 8 heteroatoms. The Bertz CT molecular complexity index is 768. The van der Waals surface area contributed by atoms with Crippen molar-refractivity contribution in [2.24, 2.45) is 5.73 Å². The molecule has 0 saturated heterocycles. The number of hydrogen-bond acceptors (Lipinski definition) is 6. The third-order valence-corrected chi connectivity index (χ3v) is 3.87. The number of carboxylic acid groups (broad SMARTS) is 1. The van der Waals surface area contributed by atoms with Crippen molar-refractivity contribution in [3.8, 4) is 11.5 Å². The second-order valence-electron chi connectivity index (χ2n) is 5.58. The zero-order valence-corrected chi connectivity index (χ0v) is 14.0. The Hall–Kier alpha value is -3.42. The van der Waals surface area contributed by atoms with Crippen LogP contribution in [0.15, 0.2) is 36.4 Å². The molecule has 0 unspecified atom stereocenters.